The molecule has 33 heavy (non-hydrogen) atoms. The highest BCUT2D eigenvalue weighted by Crippen LogP contribution is 2.26. The molecule has 0 aliphatic heterocycles. The monoisotopic (exact) mass is 470 g/mol. The molecule has 0 saturated heterocycles. The Balaban J connectivity index is 1.89. The molecule has 0 fully saturated rings. The van der Waals surface area contributed by atoms with Crippen LogP contribution in [0.5, 0.6) is 5.75 Å². The van der Waals surface area contributed by atoms with Crippen LogP contribution in [0, 0.1) is 19.7 Å². The lowest BCUT2D eigenvalue weighted by molar-refractivity contribution is -0.120. The zero-order chi connectivity index (χ0) is 24.2. The van der Waals surface area contributed by atoms with Gasteiger partial charge in [0.1, 0.15) is 18.1 Å². The van der Waals surface area contributed by atoms with E-state index in [0.717, 1.165) is 33.1 Å². The number of rotatable bonds is 8. The second-order valence-electron chi connectivity index (χ2n) is 7.81. The average Bonchev–Trinajstić information content (AvgIpc) is 2.78. The number of amides is 1. The predicted octanol–water partition coefficient (Wildman–Crippen LogP) is 4.52. The minimum Gasteiger partial charge on any atom is -0.497 e. The van der Waals surface area contributed by atoms with Crippen molar-refractivity contribution in [2.75, 3.05) is 18.0 Å². The molecular weight excluding hydrogens is 443 g/mol. The summed E-state index contributed by atoms with van der Waals surface area (Å²) >= 11 is 0. The number of hydrogen-bond acceptors (Lipinski definition) is 4. The summed E-state index contributed by atoms with van der Waals surface area (Å²) in [5.74, 6) is -0.486. The lowest BCUT2D eigenvalue weighted by Crippen LogP contribution is -2.41. The maximum atomic E-state index is 13.5. The van der Waals surface area contributed by atoms with Gasteiger partial charge in [0.2, 0.25) is 5.91 Å². The first-order valence-corrected chi connectivity index (χ1v) is 11.8. The van der Waals surface area contributed by atoms with Gasteiger partial charge in [-0.1, -0.05) is 23.8 Å². The highest BCUT2D eigenvalue weighted by atomic mass is 32.2. The summed E-state index contributed by atoms with van der Waals surface area (Å²) in [5, 5.41) is 2.87. The molecule has 0 radical (unpaired) electrons. The molecule has 1 N–H and O–H groups in total. The first-order chi connectivity index (χ1) is 15.6. The third-order valence-corrected chi connectivity index (χ3v) is 7.11. The van der Waals surface area contributed by atoms with Crippen molar-refractivity contribution in [1.82, 2.24) is 5.32 Å². The average molecular weight is 471 g/mol. The summed E-state index contributed by atoms with van der Waals surface area (Å²) in [7, 11) is -2.62. The van der Waals surface area contributed by atoms with Crippen molar-refractivity contribution in [3.05, 3.63) is 89.2 Å². The number of nitrogens with one attached hydrogen (secondary N) is 1. The summed E-state index contributed by atoms with van der Waals surface area (Å²) in [6, 6.07) is 16.4. The molecule has 8 heteroatoms. The normalized spacial score (nSPS) is 12.2. The van der Waals surface area contributed by atoms with Gasteiger partial charge >= 0.3 is 0 Å². The number of halogens is 1. The second-order valence-corrected chi connectivity index (χ2v) is 9.68. The quantitative estimate of drug-likeness (QED) is 0.525. The molecular formula is C25H27FN2O4S. The molecule has 0 saturated carbocycles. The van der Waals surface area contributed by atoms with E-state index in [4.69, 9.17) is 4.74 Å². The van der Waals surface area contributed by atoms with Crippen LogP contribution in [0.1, 0.15) is 29.7 Å². The second kappa shape index (κ2) is 10.0. The van der Waals surface area contributed by atoms with Gasteiger partial charge in [0.15, 0.2) is 0 Å². The number of benzene rings is 3. The lowest BCUT2D eigenvalue weighted by Gasteiger charge is -2.25. The van der Waals surface area contributed by atoms with Crippen LogP contribution < -0.4 is 14.4 Å². The van der Waals surface area contributed by atoms with E-state index in [0.29, 0.717) is 5.75 Å². The third-order valence-electron chi connectivity index (χ3n) is 5.32. The van der Waals surface area contributed by atoms with Crippen molar-refractivity contribution < 1.29 is 22.3 Å². The summed E-state index contributed by atoms with van der Waals surface area (Å²) in [4.78, 5) is 12.9. The van der Waals surface area contributed by atoms with Crippen LogP contribution in [0.25, 0.3) is 0 Å². The molecule has 0 aromatic heterocycles. The molecule has 0 bridgehead atoms. The van der Waals surface area contributed by atoms with Gasteiger partial charge in [-0.3, -0.25) is 9.10 Å². The Morgan fingerprint density at radius 1 is 1.03 bits per heavy atom. The van der Waals surface area contributed by atoms with Crippen molar-refractivity contribution >= 4 is 21.6 Å². The molecule has 174 valence electrons. The Labute approximate surface area is 194 Å². The molecule has 1 atom stereocenters. The Morgan fingerprint density at radius 3 is 2.24 bits per heavy atom. The smallest absolute Gasteiger partial charge is 0.264 e. The third kappa shape index (κ3) is 5.70. The van der Waals surface area contributed by atoms with E-state index in [1.807, 2.05) is 39.0 Å². The fourth-order valence-corrected chi connectivity index (χ4v) is 5.03. The molecule has 3 aromatic rings. The van der Waals surface area contributed by atoms with Crippen LogP contribution >= 0.6 is 0 Å². The predicted molar refractivity (Wildman–Crippen MR) is 126 cm³/mol. The van der Waals surface area contributed by atoms with Gasteiger partial charge < -0.3 is 10.1 Å². The Morgan fingerprint density at radius 2 is 1.67 bits per heavy atom. The maximum absolute atomic E-state index is 13.5. The van der Waals surface area contributed by atoms with Crippen LogP contribution in [0.3, 0.4) is 0 Å². The van der Waals surface area contributed by atoms with Gasteiger partial charge in [-0.2, -0.15) is 0 Å². The zero-order valence-electron chi connectivity index (χ0n) is 19.0. The van der Waals surface area contributed by atoms with E-state index >= 15 is 0 Å². The number of hydrogen-bond donors (Lipinski definition) is 1. The Bertz CT molecular complexity index is 1230. The maximum Gasteiger partial charge on any atom is 0.264 e. The highest BCUT2D eigenvalue weighted by molar-refractivity contribution is 7.92. The first kappa shape index (κ1) is 24.3. The topological polar surface area (TPSA) is 75.7 Å². The summed E-state index contributed by atoms with van der Waals surface area (Å²) in [5.41, 5.74) is 3.27. The fraction of sp³-hybridized carbons (Fsp3) is 0.240. The highest BCUT2D eigenvalue weighted by Gasteiger charge is 2.28. The van der Waals surface area contributed by atoms with Gasteiger partial charge in [-0.15, -0.1) is 0 Å². The first-order valence-electron chi connectivity index (χ1n) is 10.4. The number of ether oxygens (including phenoxy) is 1. The molecule has 3 rings (SSSR count). The van der Waals surface area contributed by atoms with E-state index in [9.17, 15) is 17.6 Å². The van der Waals surface area contributed by atoms with Crippen molar-refractivity contribution in [3.63, 3.8) is 0 Å². The van der Waals surface area contributed by atoms with Gasteiger partial charge in [0.05, 0.1) is 23.7 Å². The number of carbonyl (C=O) groups excluding carboxylic acids is 1. The molecule has 0 spiro atoms. The van der Waals surface area contributed by atoms with Gasteiger partial charge in [0.25, 0.3) is 10.0 Å². The molecule has 6 nitrogen and oxygen atoms in total. The molecule has 0 aliphatic rings. The van der Waals surface area contributed by atoms with E-state index in [1.54, 1.807) is 0 Å². The summed E-state index contributed by atoms with van der Waals surface area (Å²) in [6.45, 7) is 5.33. The SMILES string of the molecule is COc1ccc(S(=O)(=O)N(CC(=O)NC(C)c2ccc(C)cc2C)c2ccc(F)cc2)cc1. The summed E-state index contributed by atoms with van der Waals surface area (Å²) in [6.07, 6.45) is 0. The van der Waals surface area contributed by atoms with Crippen LogP contribution in [0.15, 0.2) is 71.6 Å². The van der Waals surface area contributed by atoms with E-state index in [2.05, 4.69) is 5.32 Å². The minimum atomic E-state index is -4.11. The largest absolute Gasteiger partial charge is 0.497 e. The molecule has 1 amide bonds. The van der Waals surface area contributed by atoms with Gasteiger partial charge in [-0.25, -0.2) is 12.8 Å². The van der Waals surface area contributed by atoms with Crippen molar-refractivity contribution in [3.8, 4) is 5.75 Å². The number of carbonyl (C=O) groups is 1. The Hall–Kier alpha value is -3.39. The van der Waals surface area contributed by atoms with Gasteiger partial charge in [-0.05, 0) is 80.4 Å². The Kier molecular flexibility index (Phi) is 7.38. The van der Waals surface area contributed by atoms with Crippen LogP contribution in [-0.2, 0) is 14.8 Å². The van der Waals surface area contributed by atoms with Crippen molar-refractivity contribution in [1.29, 1.82) is 0 Å². The number of aryl methyl sites for hydroxylation is 2. The standard InChI is InChI=1S/C25H27FN2O4S/c1-17-5-14-24(18(2)15-17)19(3)27-25(29)16-28(21-8-6-20(26)7-9-21)33(30,31)23-12-10-22(32-4)11-13-23/h5-15,19H,16H2,1-4H3,(H,27,29). The van der Waals surface area contributed by atoms with Crippen LogP contribution in [0.4, 0.5) is 10.1 Å². The zero-order valence-corrected chi connectivity index (χ0v) is 19.8. The van der Waals surface area contributed by atoms with Crippen molar-refractivity contribution in [2.45, 2.75) is 31.7 Å². The van der Waals surface area contributed by atoms with Crippen LogP contribution in [-0.4, -0.2) is 28.0 Å². The molecule has 1 unspecified atom stereocenters. The van der Waals surface area contributed by atoms with Crippen LogP contribution in [0.2, 0.25) is 0 Å². The molecule has 0 heterocycles. The summed E-state index contributed by atoms with van der Waals surface area (Å²) < 4.78 is 46.4. The molecule has 0 aliphatic carbocycles. The van der Waals surface area contributed by atoms with Crippen molar-refractivity contribution in [2.24, 2.45) is 0 Å². The number of methoxy groups -OCH3 is 1. The van der Waals surface area contributed by atoms with E-state index in [1.165, 1.54) is 43.5 Å². The van der Waals surface area contributed by atoms with E-state index in [-0.39, 0.29) is 16.6 Å². The minimum absolute atomic E-state index is 0.0112. The fourth-order valence-electron chi connectivity index (χ4n) is 3.60. The van der Waals surface area contributed by atoms with E-state index < -0.39 is 28.3 Å². The number of anilines is 1. The lowest BCUT2D eigenvalue weighted by atomic mass is 10.0. The molecule has 3 aromatic carbocycles. The van der Waals surface area contributed by atoms with Gasteiger partial charge in [0, 0.05) is 0 Å². The number of nitrogens with zero attached hydrogens (tertiary/aromatic N) is 1. The number of sulfonamides is 1.